The van der Waals surface area contributed by atoms with E-state index in [0.717, 1.165) is 35.3 Å². The first-order valence-corrected chi connectivity index (χ1v) is 5.14. The molecule has 0 aliphatic carbocycles. The van der Waals surface area contributed by atoms with Crippen LogP contribution in [0.4, 0.5) is 0 Å². The normalized spacial score (nSPS) is 13.7. The quantitative estimate of drug-likeness (QED) is 0.708. The molecule has 1 aliphatic rings. The molecule has 0 N–H and O–H groups in total. The van der Waals surface area contributed by atoms with Gasteiger partial charge >= 0.3 is 0 Å². The Bertz CT molecular complexity index is 371. The Kier molecular flexibility index (Phi) is 2.90. The summed E-state index contributed by atoms with van der Waals surface area (Å²) in [5.74, 6) is 1.62. The minimum Gasteiger partial charge on any atom is -0.486 e. The van der Waals surface area contributed by atoms with Gasteiger partial charge in [-0.3, -0.25) is 0 Å². The maximum atomic E-state index is 10.4. The summed E-state index contributed by atoms with van der Waals surface area (Å²) in [4.78, 5) is 10.4. The van der Waals surface area contributed by atoms with Crippen molar-refractivity contribution >= 4 is 6.29 Å². The predicted octanol–water partition coefficient (Wildman–Crippen LogP) is 1.90. The van der Waals surface area contributed by atoms with Gasteiger partial charge in [0.1, 0.15) is 19.5 Å². The van der Waals surface area contributed by atoms with Crippen molar-refractivity contribution in [2.75, 3.05) is 13.2 Å². The summed E-state index contributed by atoms with van der Waals surface area (Å²) < 4.78 is 11.1. The highest BCUT2D eigenvalue weighted by molar-refractivity contribution is 5.54. The minimum absolute atomic E-state index is 0.527. The predicted molar refractivity (Wildman–Crippen MR) is 56.6 cm³/mol. The molecule has 1 aromatic carbocycles. The lowest BCUT2D eigenvalue weighted by molar-refractivity contribution is -0.107. The van der Waals surface area contributed by atoms with Crippen LogP contribution < -0.4 is 9.47 Å². The topological polar surface area (TPSA) is 35.5 Å². The lowest BCUT2D eigenvalue weighted by atomic mass is 10.0. The van der Waals surface area contributed by atoms with E-state index in [1.807, 2.05) is 13.0 Å². The Morgan fingerprint density at radius 2 is 2.13 bits per heavy atom. The van der Waals surface area contributed by atoms with Gasteiger partial charge in [-0.05, 0) is 30.5 Å². The van der Waals surface area contributed by atoms with E-state index in [4.69, 9.17) is 9.47 Å². The third-order valence-electron chi connectivity index (χ3n) is 2.39. The molecule has 2 rings (SSSR count). The lowest BCUT2D eigenvalue weighted by Crippen LogP contribution is -2.16. The molecule has 3 nitrogen and oxygen atoms in total. The Hall–Kier alpha value is -1.51. The van der Waals surface area contributed by atoms with Crippen molar-refractivity contribution in [2.24, 2.45) is 0 Å². The number of benzene rings is 1. The molecule has 0 atom stereocenters. The van der Waals surface area contributed by atoms with Gasteiger partial charge in [-0.1, -0.05) is 6.07 Å². The zero-order valence-electron chi connectivity index (χ0n) is 8.79. The zero-order chi connectivity index (χ0) is 10.7. The molecular weight excluding hydrogens is 192 g/mol. The Labute approximate surface area is 89.0 Å². The molecule has 1 aliphatic heterocycles. The number of carbonyl (C=O) groups is 1. The van der Waals surface area contributed by atoms with Gasteiger partial charge in [-0.25, -0.2) is 0 Å². The fourth-order valence-electron chi connectivity index (χ4n) is 1.78. The van der Waals surface area contributed by atoms with Crippen LogP contribution >= 0.6 is 0 Å². The number of ether oxygens (including phenoxy) is 2. The van der Waals surface area contributed by atoms with Crippen molar-refractivity contribution < 1.29 is 14.3 Å². The molecule has 80 valence electrons. The average Bonchev–Trinajstić information content (AvgIpc) is 2.25. The van der Waals surface area contributed by atoms with E-state index in [1.54, 1.807) is 0 Å². The number of rotatable bonds is 3. The summed E-state index contributed by atoms with van der Waals surface area (Å²) in [5, 5.41) is 0. The van der Waals surface area contributed by atoms with E-state index in [2.05, 4.69) is 6.07 Å². The van der Waals surface area contributed by atoms with Crippen LogP contribution in [0.5, 0.6) is 11.5 Å². The van der Waals surface area contributed by atoms with Gasteiger partial charge in [0.25, 0.3) is 0 Å². The van der Waals surface area contributed by atoms with Gasteiger partial charge in [0.15, 0.2) is 11.5 Å². The third-order valence-corrected chi connectivity index (χ3v) is 2.39. The van der Waals surface area contributed by atoms with Crippen LogP contribution in [0.25, 0.3) is 0 Å². The highest BCUT2D eigenvalue weighted by atomic mass is 16.6. The second-order valence-corrected chi connectivity index (χ2v) is 3.65. The van der Waals surface area contributed by atoms with Crippen molar-refractivity contribution in [2.45, 2.75) is 19.8 Å². The first kappa shape index (κ1) is 10.0. The Morgan fingerprint density at radius 1 is 1.33 bits per heavy atom. The fourth-order valence-corrected chi connectivity index (χ4v) is 1.78. The van der Waals surface area contributed by atoms with Crippen molar-refractivity contribution in [3.05, 3.63) is 23.3 Å². The minimum atomic E-state index is 0.527. The van der Waals surface area contributed by atoms with Gasteiger partial charge < -0.3 is 14.3 Å². The molecule has 0 aromatic heterocycles. The summed E-state index contributed by atoms with van der Waals surface area (Å²) in [6, 6.07) is 4.02. The van der Waals surface area contributed by atoms with E-state index in [-0.39, 0.29) is 0 Å². The fraction of sp³-hybridized carbons (Fsp3) is 0.417. The van der Waals surface area contributed by atoms with Crippen LogP contribution in [0.2, 0.25) is 0 Å². The molecule has 0 bridgehead atoms. The number of hydrogen-bond donors (Lipinski definition) is 0. The average molecular weight is 206 g/mol. The number of aldehydes is 1. The van der Waals surface area contributed by atoms with Crippen molar-refractivity contribution in [1.82, 2.24) is 0 Å². The molecule has 15 heavy (non-hydrogen) atoms. The smallest absolute Gasteiger partial charge is 0.164 e. The molecule has 0 unspecified atom stereocenters. The zero-order valence-corrected chi connectivity index (χ0v) is 8.79. The van der Waals surface area contributed by atoms with Crippen molar-refractivity contribution in [3.8, 4) is 11.5 Å². The third kappa shape index (κ3) is 2.12. The van der Waals surface area contributed by atoms with Crippen molar-refractivity contribution in [1.29, 1.82) is 0 Å². The molecule has 0 saturated carbocycles. The van der Waals surface area contributed by atoms with Gasteiger partial charge in [0, 0.05) is 6.42 Å². The van der Waals surface area contributed by atoms with E-state index in [9.17, 15) is 4.79 Å². The first-order valence-electron chi connectivity index (χ1n) is 5.14. The SMILES string of the molecule is Cc1cc(CCC=O)c2c(c1)OCCO2. The molecule has 0 radical (unpaired) electrons. The van der Waals surface area contributed by atoms with Crippen LogP contribution in [0.1, 0.15) is 17.5 Å². The molecule has 3 heteroatoms. The van der Waals surface area contributed by atoms with Gasteiger partial charge in [0.05, 0.1) is 0 Å². The van der Waals surface area contributed by atoms with Gasteiger partial charge in [-0.15, -0.1) is 0 Å². The van der Waals surface area contributed by atoms with Crippen LogP contribution in [-0.2, 0) is 11.2 Å². The van der Waals surface area contributed by atoms with E-state index >= 15 is 0 Å². The second kappa shape index (κ2) is 4.34. The van der Waals surface area contributed by atoms with Crippen LogP contribution in [0.3, 0.4) is 0 Å². The summed E-state index contributed by atoms with van der Waals surface area (Å²) in [6.45, 7) is 3.20. The number of fused-ring (bicyclic) bond motifs is 1. The second-order valence-electron chi connectivity index (χ2n) is 3.65. The first-order chi connectivity index (χ1) is 7.31. The molecule has 1 heterocycles. The molecule has 0 saturated heterocycles. The highest BCUT2D eigenvalue weighted by Gasteiger charge is 2.16. The van der Waals surface area contributed by atoms with Gasteiger partial charge in [0.2, 0.25) is 0 Å². The van der Waals surface area contributed by atoms with Gasteiger partial charge in [-0.2, -0.15) is 0 Å². The number of hydrogen-bond acceptors (Lipinski definition) is 3. The van der Waals surface area contributed by atoms with Crippen LogP contribution in [-0.4, -0.2) is 19.5 Å². The number of aryl methyl sites for hydroxylation is 2. The summed E-state index contributed by atoms with van der Waals surface area (Å²) in [7, 11) is 0. The summed E-state index contributed by atoms with van der Waals surface area (Å²) in [6.07, 6.45) is 2.18. The Morgan fingerprint density at radius 3 is 2.93 bits per heavy atom. The van der Waals surface area contributed by atoms with Crippen LogP contribution in [0, 0.1) is 6.92 Å². The maximum Gasteiger partial charge on any atom is 0.164 e. The Balaban J connectivity index is 2.34. The summed E-state index contributed by atoms with van der Waals surface area (Å²) in [5.41, 5.74) is 2.21. The summed E-state index contributed by atoms with van der Waals surface area (Å²) >= 11 is 0. The molecule has 1 aromatic rings. The molecule has 0 fully saturated rings. The highest BCUT2D eigenvalue weighted by Crippen LogP contribution is 2.35. The van der Waals surface area contributed by atoms with E-state index < -0.39 is 0 Å². The lowest BCUT2D eigenvalue weighted by Gasteiger charge is -2.21. The largest absolute Gasteiger partial charge is 0.486 e. The van der Waals surface area contributed by atoms with E-state index in [0.29, 0.717) is 19.6 Å². The number of carbonyl (C=O) groups excluding carboxylic acids is 1. The molecule has 0 spiro atoms. The monoisotopic (exact) mass is 206 g/mol. The van der Waals surface area contributed by atoms with E-state index in [1.165, 1.54) is 0 Å². The van der Waals surface area contributed by atoms with Crippen molar-refractivity contribution in [3.63, 3.8) is 0 Å². The molecular formula is C12H14O3. The maximum absolute atomic E-state index is 10.4. The van der Waals surface area contributed by atoms with Crippen LogP contribution in [0.15, 0.2) is 12.1 Å². The standard InChI is InChI=1S/C12H14O3/c1-9-7-10(3-2-4-13)12-11(8-9)14-5-6-15-12/h4,7-8H,2-3,5-6H2,1H3. The molecule has 0 amide bonds.